The maximum Gasteiger partial charge on any atom is 0.154 e. The summed E-state index contributed by atoms with van der Waals surface area (Å²) >= 11 is 5.27. The maximum atomic E-state index is 11.6. The van der Waals surface area contributed by atoms with Gasteiger partial charge >= 0.3 is 0 Å². The van der Waals surface area contributed by atoms with Crippen LogP contribution in [-0.2, 0) is 29.5 Å². The molecule has 0 heterocycles. The SMILES string of the molecule is CCS(=O)(=O)CCS(=O)(=O)CC(O)CS(=O)(=O)CCCl. The molecule has 0 spiro atoms. The molecule has 0 amide bonds. The Hall–Kier alpha value is 0.1000. The quantitative estimate of drug-likeness (QED) is 0.481. The first kappa shape index (κ1) is 20.1. The monoisotopic (exact) mass is 370 g/mol. The number of alkyl halides is 1. The van der Waals surface area contributed by atoms with Gasteiger partial charge in [-0.25, -0.2) is 25.3 Å². The Kier molecular flexibility index (Phi) is 7.96. The lowest BCUT2D eigenvalue weighted by Crippen LogP contribution is -2.32. The molecular weight excluding hydrogens is 352 g/mol. The maximum absolute atomic E-state index is 11.6. The molecule has 122 valence electrons. The van der Waals surface area contributed by atoms with Gasteiger partial charge in [0.15, 0.2) is 29.5 Å². The van der Waals surface area contributed by atoms with Crippen molar-refractivity contribution >= 4 is 41.1 Å². The lowest BCUT2D eigenvalue weighted by atomic mass is 10.5. The van der Waals surface area contributed by atoms with E-state index in [9.17, 15) is 30.4 Å². The molecule has 0 aromatic carbocycles. The number of rotatable bonds is 10. The van der Waals surface area contributed by atoms with Crippen molar-refractivity contribution in [3.05, 3.63) is 0 Å². The van der Waals surface area contributed by atoms with Gasteiger partial charge < -0.3 is 5.11 Å². The van der Waals surface area contributed by atoms with Crippen LogP contribution in [0.15, 0.2) is 0 Å². The number of hydrogen-bond donors (Lipinski definition) is 1. The summed E-state index contributed by atoms with van der Waals surface area (Å²) in [5, 5.41) is 9.48. The topological polar surface area (TPSA) is 123 Å². The summed E-state index contributed by atoms with van der Waals surface area (Å²) in [4.78, 5) is 0. The molecule has 0 aliphatic rings. The van der Waals surface area contributed by atoms with Crippen molar-refractivity contribution in [1.29, 1.82) is 0 Å². The van der Waals surface area contributed by atoms with Gasteiger partial charge in [0.25, 0.3) is 0 Å². The Labute approximate surface area is 125 Å². The first-order valence-corrected chi connectivity index (χ1v) is 11.8. The van der Waals surface area contributed by atoms with E-state index in [1.807, 2.05) is 0 Å². The van der Waals surface area contributed by atoms with Crippen molar-refractivity contribution in [2.45, 2.75) is 13.0 Å². The van der Waals surface area contributed by atoms with Crippen LogP contribution in [0.3, 0.4) is 0 Å². The Bertz CT molecular complexity index is 591. The Balaban J connectivity index is 4.55. The highest BCUT2D eigenvalue weighted by molar-refractivity contribution is 7.95. The molecule has 7 nitrogen and oxygen atoms in total. The highest BCUT2D eigenvalue weighted by atomic mass is 35.5. The second-order valence-electron chi connectivity index (χ2n) is 4.31. The van der Waals surface area contributed by atoms with Crippen LogP contribution in [0.2, 0.25) is 0 Å². The lowest BCUT2D eigenvalue weighted by molar-refractivity contribution is 0.220. The second-order valence-corrected chi connectivity index (χ2v) is 11.6. The standard InChI is InChI=1S/C9H19ClO7S3/c1-2-18(12,13)5-6-20(16,17)8-9(11)7-19(14,15)4-3-10/h9,11H,2-8H2,1H3. The average molecular weight is 371 g/mol. The van der Waals surface area contributed by atoms with Gasteiger partial charge in [-0.1, -0.05) is 6.92 Å². The third kappa shape index (κ3) is 9.11. The summed E-state index contributed by atoms with van der Waals surface area (Å²) in [7, 11) is -10.9. The van der Waals surface area contributed by atoms with Crippen LogP contribution in [-0.4, -0.2) is 76.9 Å². The molecule has 1 N–H and O–H groups in total. The molecule has 0 saturated heterocycles. The minimum atomic E-state index is -3.84. The molecule has 0 saturated carbocycles. The zero-order valence-corrected chi connectivity index (χ0v) is 14.2. The van der Waals surface area contributed by atoms with E-state index in [-0.39, 0.29) is 17.4 Å². The van der Waals surface area contributed by atoms with E-state index in [4.69, 9.17) is 11.6 Å². The largest absolute Gasteiger partial charge is 0.391 e. The van der Waals surface area contributed by atoms with E-state index in [0.29, 0.717) is 0 Å². The van der Waals surface area contributed by atoms with Gasteiger partial charge in [-0.3, -0.25) is 0 Å². The lowest BCUT2D eigenvalue weighted by Gasteiger charge is -2.11. The molecule has 0 bridgehead atoms. The minimum absolute atomic E-state index is 0.142. The Morgan fingerprint density at radius 1 is 0.850 bits per heavy atom. The normalized spacial score (nSPS) is 15.2. The van der Waals surface area contributed by atoms with E-state index < -0.39 is 58.6 Å². The number of aliphatic hydroxyl groups excluding tert-OH is 1. The molecule has 0 aliphatic carbocycles. The van der Waals surface area contributed by atoms with Crippen LogP contribution in [0.1, 0.15) is 6.92 Å². The Morgan fingerprint density at radius 3 is 1.65 bits per heavy atom. The predicted octanol–water partition coefficient (Wildman–Crippen LogP) is -1.15. The van der Waals surface area contributed by atoms with E-state index in [2.05, 4.69) is 0 Å². The van der Waals surface area contributed by atoms with E-state index in [1.54, 1.807) is 0 Å². The van der Waals surface area contributed by atoms with Gasteiger partial charge in [-0.2, -0.15) is 0 Å². The Morgan fingerprint density at radius 2 is 1.25 bits per heavy atom. The zero-order valence-electron chi connectivity index (χ0n) is 11.0. The van der Waals surface area contributed by atoms with Crippen LogP contribution in [0.25, 0.3) is 0 Å². The molecule has 0 fully saturated rings. The number of sulfone groups is 3. The van der Waals surface area contributed by atoms with Crippen LogP contribution >= 0.6 is 11.6 Å². The molecule has 0 rings (SSSR count). The number of hydrogen-bond acceptors (Lipinski definition) is 7. The van der Waals surface area contributed by atoms with E-state index >= 15 is 0 Å². The highest BCUT2D eigenvalue weighted by Crippen LogP contribution is 2.03. The number of halogens is 1. The fourth-order valence-electron chi connectivity index (χ4n) is 1.32. The van der Waals surface area contributed by atoms with E-state index in [0.717, 1.165) is 0 Å². The predicted molar refractivity (Wildman–Crippen MR) is 78.4 cm³/mol. The molecule has 0 aromatic heterocycles. The van der Waals surface area contributed by atoms with Gasteiger partial charge in [-0.05, 0) is 0 Å². The second kappa shape index (κ2) is 7.92. The summed E-state index contributed by atoms with van der Waals surface area (Å²) in [6.45, 7) is 1.40. The van der Waals surface area contributed by atoms with Gasteiger partial charge in [-0.15, -0.1) is 11.6 Å². The third-order valence-corrected chi connectivity index (χ3v) is 8.24. The molecule has 11 heteroatoms. The molecule has 0 aliphatic heterocycles. The summed E-state index contributed by atoms with van der Waals surface area (Å²) < 4.78 is 68.3. The van der Waals surface area contributed by atoms with Crippen molar-refractivity contribution in [3.63, 3.8) is 0 Å². The van der Waals surface area contributed by atoms with Crippen molar-refractivity contribution < 1.29 is 30.4 Å². The number of aliphatic hydroxyl groups is 1. The fraction of sp³-hybridized carbons (Fsp3) is 1.00. The van der Waals surface area contributed by atoms with Gasteiger partial charge in [0, 0.05) is 11.6 Å². The van der Waals surface area contributed by atoms with Crippen LogP contribution in [0, 0.1) is 0 Å². The smallest absolute Gasteiger partial charge is 0.154 e. The third-order valence-electron chi connectivity index (χ3n) is 2.43. The molecule has 0 aromatic rings. The van der Waals surface area contributed by atoms with Gasteiger partial charge in [0.2, 0.25) is 0 Å². The molecule has 20 heavy (non-hydrogen) atoms. The fourth-order valence-corrected chi connectivity index (χ4v) is 6.47. The van der Waals surface area contributed by atoms with Crippen molar-refractivity contribution in [1.82, 2.24) is 0 Å². The first-order valence-electron chi connectivity index (χ1n) is 5.78. The van der Waals surface area contributed by atoms with Crippen molar-refractivity contribution in [2.75, 3.05) is 40.4 Å². The zero-order chi connectivity index (χ0) is 16.0. The average Bonchev–Trinajstić information content (AvgIpc) is 2.25. The first-order chi connectivity index (χ1) is 8.93. The minimum Gasteiger partial charge on any atom is -0.391 e. The van der Waals surface area contributed by atoms with Crippen LogP contribution < -0.4 is 0 Å². The van der Waals surface area contributed by atoms with Gasteiger partial charge in [0.05, 0.1) is 34.9 Å². The summed E-state index contributed by atoms with van der Waals surface area (Å²) in [5.74, 6) is -3.32. The highest BCUT2D eigenvalue weighted by Gasteiger charge is 2.24. The van der Waals surface area contributed by atoms with Gasteiger partial charge in [0.1, 0.15) is 0 Å². The molecular formula is C9H19ClO7S3. The summed E-state index contributed by atoms with van der Waals surface area (Å²) in [6.07, 6.45) is -1.59. The van der Waals surface area contributed by atoms with E-state index in [1.165, 1.54) is 6.92 Å². The molecule has 1 unspecified atom stereocenters. The van der Waals surface area contributed by atoms with Crippen LogP contribution in [0.5, 0.6) is 0 Å². The van der Waals surface area contributed by atoms with Crippen LogP contribution in [0.4, 0.5) is 0 Å². The molecule has 0 radical (unpaired) electrons. The summed E-state index contributed by atoms with van der Waals surface area (Å²) in [6, 6.07) is 0. The molecule has 1 atom stereocenters. The van der Waals surface area contributed by atoms with Crippen molar-refractivity contribution in [3.8, 4) is 0 Å². The van der Waals surface area contributed by atoms with Crippen molar-refractivity contribution in [2.24, 2.45) is 0 Å². The summed E-state index contributed by atoms with van der Waals surface area (Å²) in [5.41, 5.74) is 0.